The van der Waals surface area contributed by atoms with Gasteiger partial charge >= 0.3 is 0 Å². The average Bonchev–Trinajstić information content (AvgIpc) is 2.64. The summed E-state index contributed by atoms with van der Waals surface area (Å²) in [5, 5.41) is 0. The Morgan fingerprint density at radius 1 is 0.960 bits per heavy atom. The molecule has 3 nitrogen and oxygen atoms in total. The molecule has 0 amide bonds. The number of rotatable bonds is 6. The molecule has 4 heteroatoms. The maximum absolute atomic E-state index is 5.34. The highest BCUT2D eigenvalue weighted by Gasteiger charge is 2.28. The topological polar surface area (TPSA) is 12.5 Å². The number of piperidine rings is 1. The predicted molar refractivity (Wildman–Crippen MR) is 102 cm³/mol. The molecular weight excluding hydrogens is 376 g/mol. The number of nitrogens with zero attached hydrogens (tertiary/aromatic N) is 2. The fourth-order valence-electron chi connectivity index (χ4n) is 4.54. The molecule has 142 valence electrons. The Hall–Kier alpha value is -0.740. The summed E-state index contributed by atoms with van der Waals surface area (Å²) in [5.74, 6) is 0.956. The van der Waals surface area contributed by atoms with Crippen molar-refractivity contribution >= 4 is 5.69 Å². The minimum Gasteiger partial charge on any atom is -1.00 e. The van der Waals surface area contributed by atoms with E-state index in [-0.39, 0.29) is 17.0 Å². The Bertz CT molecular complexity index is 493. The lowest BCUT2D eigenvalue weighted by Gasteiger charge is -2.42. The van der Waals surface area contributed by atoms with Crippen molar-refractivity contribution in [1.82, 2.24) is 0 Å². The Morgan fingerprint density at radius 3 is 2.16 bits per heavy atom. The van der Waals surface area contributed by atoms with Gasteiger partial charge in [0.05, 0.1) is 40.3 Å². The predicted octanol–water partition coefficient (Wildman–Crippen LogP) is 1.47. The normalized spacial score (nSPS) is 20.6. The monoisotopic (exact) mass is 410 g/mol. The molecule has 1 aromatic rings. The van der Waals surface area contributed by atoms with Crippen molar-refractivity contribution in [2.45, 2.75) is 57.4 Å². The first-order chi connectivity index (χ1) is 11.7. The van der Waals surface area contributed by atoms with Crippen molar-refractivity contribution in [2.24, 2.45) is 0 Å². The van der Waals surface area contributed by atoms with E-state index in [1.807, 2.05) is 0 Å². The zero-order valence-corrected chi connectivity index (χ0v) is 17.6. The van der Waals surface area contributed by atoms with E-state index in [9.17, 15) is 0 Å². The highest BCUT2D eigenvalue weighted by atomic mass is 79.9. The number of anilines is 1. The standard InChI is InChI=1S/C21H35N2O.BrH/c1-23(16-7-4-8-17-23)18-15-22(19-9-5-3-6-10-19)20-11-13-21(24-2)14-12-20;/h11-14,19H,3-10,15-18H2,1-2H3;1H/q+1;/p-1. The lowest BCUT2D eigenvalue weighted by atomic mass is 9.93. The van der Waals surface area contributed by atoms with Gasteiger partial charge in [-0.25, -0.2) is 0 Å². The van der Waals surface area contributed by atoms with Crippen LogP contribution in [0.1, 0.15) is 51.4 Å². The molecule has 1 aliphatic heterocycles. The van der Waals surface area contributed by atoms with Gasteiger partial charge in [0.15, 0.2) is 0 Å². The van der Waals surface area contributed by atoms with Crippen molar-refractivity contribution in [3.63, 3.8) is 0 Å². The van der Waals surface area contributed by atoms with Gasteiger partial charge in [0.1, 0.15) is 5.75 Å². The molecule has 25 heavy (non-hydrogen) atoms. The Balaban J connectivity index is 0.00000225. The van der Waals surface area contributed by atoms with E-state index in [1.54, 1.807) is 7.11 Å². The van der Waals surface area contributed by atoms with Crippen molar-refractivity contribution < 1.29 is 26.2 Å². The van der Waals surface area contributed by atoms with Gasteiger partial charge in [-0.3, -0.25) is 0 Å². The molecule has 1 heterocycles. The van der Waals surface area contributed by atoms with Crippen LogP contribution in [-0.2, 0) is 0 Å². The minimum absolute atomic E-state index is 0. The van der Waals surface area contributed by atoms with Gasteiger partial charge in [-0.1, -0.05) is 19.3 Å². The smallest absolute Gasteiger partial charge is 0.119 e. The van der Waals surface area contributed by atoms with Gasteiger partial charge in [-0.2, -0.15) is 0 Å². The van der Waals surface area contributed by atoms with Crippen LogP contribution < -0.4 is 26.6 Å². The van der Waals surface area contributed by atoms with E-state index in [4.69, 9.17) is 4.74 Å². The van der Waals surface area contributed by atoms with E-state index in [2.05, 4.69) is 36.2 Å². The van der Waals surface area contributed by atoms with Crippen molar-refractivity contribution in [2.75, 3.05) is 45.2 Å². The maximum Gasteiger partial charge on any atom is 0.119 e. The number of likely N-dealkylation sites (N-methyl/N-ethyl adjacent to an activating group) is 1. The second-order valence-corrected chi connectivity index (χ2v) is 8.03. The Labute approximate surface area is 164 Å². The van der Waals surface area contributed by atoms with Crippen LogP contribution in [0.25, 0.3) is 0 Å². The van der Waals surface area contributed by atoms with Crippen molar-refractivity contribution in [1.29, 1.82) is 0 Å². The van der Waals surface area contributed by atoms with Crippen LogP contribution in [0.2, 0.25) is 0 Å². The number of ether oxygens (including phenoxy) is 1. The van der Waals surface area contributed by atoms with E-state index >= 15 is 0 Å². The molecule has 2 aliphatic rings. The summed E-state index contributed by atoms with van der Waals surface area (Å²) >= 11 is 0. The number of methoxy groups -OCH3 is 1. The van der Waals surface area contributed by atoms with E-state index in [1.165, 1.54) is 87.7 Å². The molecule has 0 N–H and O–H groups in total. The van der Waals surface area contributed by atoms with Gasteiger partial charge < -0.3 is 31.1 Å². The number of hydrogen-bond donors (Lipinski definition) is 0. The molecule has 1 aromatic carbocycles. The first-order valence-electron chi connectivity index (χ1n) is 9.94. The lowest BCUT2D eigenvalue weighted by Crippen LogP contribution is -3.00. The molecule has 0 radical (unpaired) electrons. The Kier molecular flexibility index (Phi) is 8.08. The summed E-state index contributed by atoms with van der Waals surface area (Å²) in [6.45, 7) is 5.19. The van der Waals surface area contributed by atoms with Gasteiger partial charge in [-0.15, -0.1) is 0 Å². The molecular formula is C21H35BrN2O. The summed E-state index contributed by atoms with van der Waals surface area (Å²) < 4.78 is 6.61. The number of benzene rings is 1. The van der Waals surface area contributed by atoms with Crippen LogP contribution in [0.5, 0.6) is 5.75 Å². The number of likely N-dealkylation sites (tertiary alicyclic amines) is 1. The highest BCUT2D eigenvalue weighted by molar-refractivity contribution is 5.50. The highest BCUT2D eigenvalue weighted by Crippen LogP contribution is 2.29. The molecule has 2 fully saturated rings. The second kappa shape index (κ2) is 9.82. The second-order valence-electron chi connectivity index (χ2n) is 8.03. The first-order valence-corrected chi connectivity index (χ1v) is 9.94. The molecule has 1 aliphatic carbocycles. The quantitative estimate of drug-likeness (QED) is 0.658. The van der Waals surface area contributed by atoms with Crippen LogP contribution in [0.15, 0.2) is 24.3 Å². The zero-order chi connectivity index (χ0) is 16.8. The summed E-state index contributed by atoms with van der Waals surface area (Å²) in [6, 6.07) is 9.46. The minimum atomic E-state index is 0. The SMILES string of the molecule is COc1ccc(N(CC[N+]2(C)CCCCC2)C2CCCCC2)cc1.[Br-]. The van der Waals surface area contributed by atoms with Gasteiger partial charge in [0.25, 0.3) is 0 Å². The van der Waals surface area contributed by atoms with Gasteiger partial charge in [-0.05, 0) is 56.4 Å². The van der Waals surface area contributed by atoms with Gasteiger partial charge in [0, 0.05) is 11.7 Å². The first kappa shape index (κ1) is 20.6. The van der Waals surface area contributed by atoms with E-state index < -0.39 is 0 Å². The third kappa shape index (κ3) is 5.62. The summed E-state index contributed by atoms with van der Waals surface area (Å²) in [6.07, 6.45) is 11.2. The van der Waals surface area contributed by atoms with Crippen molar-refractivity contribution in [3.05, 3.63) is 24.3 Å². The van der Waals surface area contributed by atoms with Crippen LogP contribution >= 0.6 is 0 Å². The van der Waals surface area contributed by atoms with Crippen molar-refractivity contribution in [3.8, 4) is 5.75 Å². The molecule has 3 rings (SSSR count). The zero-order valence-electron chi connectivity index (χ0n) is 16.1. The molecule has 0 atom stereocenters. The van der Waals surface area contributed by atoms with Gasteiger partial charge in [0.2, 0.25) is 0 Å². The maximum atomic E-state index is 5.34. The van der Waals surface area contributed by atoms with Crippen LogP contribution in [0, 0.1) is 0 Å². The molecule has 0 unspecified atom stereocenters. The van der Waals surface area contributed by atoms with E-state index in [0.29, 0.717) is 0 Å². The summed E-state index contributed by atoms with van der Waals surface area (Å²) in [7, 11) is 4.21. The molecule has 0 spiro atoms. The lowest BCUT2D eigenvalue weighted by molar-refractivity contribution is -0.912. The summed E-state index contributed by atoms with van der Waals surface area (Å²) in [4.78, 5) is 2.71. The number of hydrogen-bond acceptors (Lipinski definition) is 2. The Morgan fingerprint density at radius 2 is 1.56 bits per heavy atom. The fraction of sp³-hybridized carbons (Fsp3) is 0.714. The molecule has 1 saturated heterocycles. The van der Waals surface area contributed by atoms with E-state index in [0.717, 1.165) is 11.8 Å². The number of halogens is 1. The average molecular weight is 411 g/mol. The molecule has 1 saturated carbocycles. The largest absolute Gasteiger partial charge is 1.00 e. The molecule has 0 aromatic heterocycles. The molecule has 0 bridgehead atoms. The summed E-state index contributed by atoms with van der Waals surface area (Å²) in [5.41, 5.74) is 1.38. The fourth-order valence-corrected chi connectivity index (χ4v) is 4.54. The third-order valence-electron chi connectivity index (χ3n) is 6.20. The third-order valence-corrected chi connectivity index (χ3v) is 6.20. The number of quaternary nitrogens is 1. The van der Waals surface area contributed by atoms with Crippen LogP contribution in [-0.4, -0.2) is 50.9 Å². The van der Waals surface area contributed by atoms with Crippen LogP contribution in [0.4, 0.5) is 5.69 Å². The van der Waals surface area contributed by atoms with Crippen LogP contribution in [0.3, 0.4) is 0 Å².